The molecule has 1 aromatic carbocycles. The van der Waals surface area contributed by atoms with Gasteiger partial charge < -0.3 is 4.74 Å². The Hall–Kier alpha value is -1.72. The van der Waals surface area contributed by atoms with Crippen molar-refractivity contribution in [2.24, 2.45) is 0 Å². The molecular weight excluding hydrogens is 259 g/mol. The van der Waals surface area contributed by atoms with E-state index in [2.05, 4.69) is 23.9 Å². The summed E-state index contributed by atoms with van der Waals surface area (Å²) in [6.45, 7) is 2.54. The van der Waals surface area contributed by atoms with Crippen molar-refractivity contribution in [2.75, 3.05) is 11.9 Å². The smallest absolute Gasteiger partial charge is 0.422 e. The molecule has 0 bridgehead atoms. The van der Waals surface area contributed by atoms with Gasteiger partial charge in [0.25, 0.3) is 0 Å². The number of amides is 1. The van der Waals surface area contributed by atoms with Gasteiger partial charge in [0.15, 0.2) is 6.61 Å². The fourth-order valence-corrected chi connectivity index (χ4v) is 1.43. The van der Waals surface area contributed by atoms with Gasteiger partial charge in [-0.05, 0) is 30.0 Å². The fraction of sp³-hybridized carbons (Fsp3) is 0.462. The normalized spacial score (nSPS) is 12.9. The average Bonchev–Trinajstić information content (AvgIpc) is 2.35. The quantitative estimate of drug-likeness (QED) is 0.889. The summed E-state index contributed by atoms with van der Waals surface area (Å²) >= 11 is 0. The van der Waals surface area contributed by atoms with Crippen molar-refractivity contribution in [2.45, 2.75) is 32.4 Å². The van der Waals surface area contributed by atoms with E-state index in [-0.39, 0.29) is 0 Å². The molecule has 0 radical (unpaired) electrons. The van der Waals surface area contributed by atoms with Crippen LogP contribution in [0.5, 0.6) is 0 Å². The second kappa shape index (κ2) is 6.45. The zero-order chi connectivity index (χ0) is 14.5. The minimum Gasteiger partial charge on any atom is -0.440 e. The molecule has 3 nitrogen and oxygen atoms in total. The molecular formula is C13H16F3NO2. The van der Waals surface area contributed by atoms with E-state index in [4.69, 9.17) is 0 Å². The molecule has 0 aliphatic rings. The standard InChI is InChI=1S/C13H16F3NO2/c1-3-9(2)10-4-6-11(7-5-10)17-12(18)19-8-13(14,15)16/h4-7,9H,3,8H2,1-2H3,(H,17,18). The number of nitrogens with one attached hydrogen (secondary N) is 1. The second-order valence-corrected chi connectivity index (χ2v) is 4.25. The third-order valence-corrected chi connectivity index (χ3v) is 2.71. The molecule has 0 aliphatic heterocycles. The van der Waals surface area contributed by atoms with Crippen LogP contribution in [0.4, 0.5) is 23.7 Å². The maximum atomic E-state index is 11.8. The van der Waals surface area contributed by atoms with Crippen molar-refractivity contribution in [1.29, 1.82) is 0 Å². The molecule has 1 amide bonds. The highest BCUT2D eigenvalue weighted by Gasteiger charge is 2.29. The zero-order valence-corrected chi connectivity index (χ0v) is 10.8. The predicted molar refractivity (Wildman–Crippen MR) is 66.2 cm³/mol. The maximum Gasteiger partial charge on any atom is 0.422 e. The lowest BCUT2D eigenvalue weighted by Gasteiger charge is -2.11. The summed E-state index contributed by atoms with van der Waals surface area (Å²) < 4.78 is 39.5. The van der Waals surface area contributed by atoms with E-state index >= 15 is 0 Å². The molecule has 106 valence electrons. The number of halogens is 3. The first-order chi connectivity index (χ1) is 8.81. The Balaban J connectivity index is 2.51. The van der Waals surface area contributed by atoms with E-state index in [1.807, 2.05) is 12.1 Å². The van der Waals surface area contributed by atoms with Crippen molar-refractivity contribution < 1.29 is 22.7 Å². The molecule has 0 saturated carbocycles. The zero-order valence-electron chi connectivity index (χ0n) is 10.8. The Morgan fingerprint density at radius 2 is 1.89 bits per heavy atom. The highest BCUT2D eigenvalue weighted by atomic mass is 19.4. The van der Waals surface area contributed by atoms with Gasteiger partial charge in [-0.2, -0.15) is 13.2 Å². The number of alkyl halides is 3. The van der Waals surface area contributed by atoms with Gasteiger partial charge >= 0.3 is 12.3 Å². The van der Waals surface area contributed by atoms with Crippen LogP contribution in [0, 0.1) is 0 Å². The molecule has 0 heterocycles. The molecule has 1 rings (SSSR count). The van der Waals surface area contributed by atoms with Gasteiger partial charge in [-0.1, -0.05) is 26.0 Å². The predicted octanol–water partition coefficient (Wildman–Crippen LogP) is 4.31. The molecule has 1 aromatic rings. The lowest BCUT2D eigenvalue weighted by molar-refractivity contribution is -0.159. The van der Waals surface area contributed by atoms with E-state index in [1.54, 1.807) is 12.1 Å². The first-order valence-corrected chi connectivity index (χ1v) is 5.92. The highest BCUT2D eigenvalue weighted by molar-refractivity contribution is 5.84. The summed E-state index contributed by atoms with van der Waals surface area (Å²) in [4.78, 5) is 11.1. The van der Waals surface area contributed by atoms with E-state index in [0.717, 1.165) is 12.0 Å². The van der Waals surface area contributed by atoms with E-state index < -0.39 is 18.9 Å². The van der Waals surface area contributed by atoms with Crippen molar-refractivity contribution in [1.82, 2.24) is 0 Å². The third-order valence-electron chi connectivity index (χ3n) is 2.71. The highest BCUT2D eigenvalue weighted by Crippen LogP contribution is 2.20. The van der Waals surface area contributed by atoms with Crippen LogP contribution < -0.4 is 5.32 Å². The van der Waals surface area contributed by atoms with Crippen molar-refractivity contribution in [3.63, 3.8) is 0 Å². The Bertz CT molecular complexity index is 415. The van der Waals surface area contributed by atoms with Crippen LogP contribution >= 0.6 is 0 Å². The van der Waals surface area contributed by atoms with Crippen LogP contribution in [-0.4, -0.2) is 18.9 Å². The first-order valence-electron chi connectivity index (χ1n) is 5.92. The lowest BCUT2D eigenvalue weighted by atomic mass is 9.99. The Kier molecular flexibility index (Phi) is 5.20. The molecule has 6 heteroatoms. The van der Waals surface area contributed by atoms with Crippen LogP contribution in [0.25, 0.3) is 0 Å². The Morgan fingerprint density at radius 3 is 2.37 bits per heavy atom. The monoisotopic (exact) mass is 275 g/mol. The number of ether oxygens (including phenoxy) is 1. The number of rotatable bonds is 4. The Morgan fingerprint density at radius 1 is 1.32 bits per heavy atom. The lowest BCUT2D eigenvalue weighted by Crippen LogP contribution is -2.23. The van der Waals surface area contributed by atoms with Crippen molar-refractivity contribution in [3.8, 4) is 0 Å². The van der Waals surface area contributed by atoms with Crippen LogP contribution in [0.1, 0.15) is 31.7 Å². The second-order valence-electron chi connectivity index (χ2n) is 4.25. The summed E-state index contributed by atoms with van der Waals surface area (Å²) in [6, 6.07) is 6.92. The van der Waals surface area contributed by atoms with Crippen molar-refractivity contribution >= 4 is 11.8 Å². The van der Waals surface area contributed by atoms with Gasteiger partial charge in [0.2, 0.25) is 0 Å². The largest absolute Gasteiger partial charge is 0.440 e. The minimum absolute atomic E-state index is 0.395. The SMILES string of the molecule is CCC(C)c1ccc(NC(=O)OCC(F)(F)F)cc1. The van der Waals surface area contributed by atoms with Gasteiger partial charge in [-0.25, -0.2) is 4.79 Å². The van der Waals surface area contributed by atoms with E-state index in [9.17, 15) is 18.0 Å². The first kappa shape index (κ1) is 15.3. The van der Waals surface area contributed by atoms with Crippen LogP contribution in [-0.2, 0) is 4.74 Å². The number of benzene rings is 1. The molecule has 1 atom stereocenters. The van der Waals surface area contributed by atoms with Crippen LogP contribution in [0.2, 0.25) is 0 Å². The molecule has 0 aromatic heterocycles. The molecule has 0 fully saturated rings. The van der Waals surface area contributed by atoms with Gasteiger partial charge in [-0.15, -0.1) is 0 Å². The summed E-state index contributed by atoms with van der Waals surface area (Å²) in [5.74, 6) is 0.395. The molecule has 1 N–H and O–H groups in total. The van der Waals surface area contributed by atoms with E-state index in [1.165, 1.54) is 0 Å². The van der Waals surface area contributed by atoms with Gasteiger partial charge in [-0.3, -0.25) is 5.32 Å². The van der Waals surface area contributed by atoms with Gasteiger partial charge in [0.1, 0.15) is 0 Å². The van der Waals surface area contributed by atoms with Crippen LogP contribution in [0.15, 0.2) is 24.3 Å². The number of carbonyl (C=O) groups excluding carboxylic acids is 1. The van der Waals surface area contributed by atoms with Crippen LogP contribution in [0.3, 0.4) is 0 Å². The summed E-state index contributed by atoms with van der Waals surface area (Å²) in [5, 5.41) is 2.24. The molecule has 0 saturated heterocycles. The molecule has 0 aliphatic carbocycles. The number of hydrogen-bond acceptors (Lipinski definition) is 2. The van der Waals surface area contributed by atoms with Gasteiger partial charge in [0, 0.05) is 5.69 Å². The molecule has 0 spiro atoms. The number of hydrogen-bond donors (Lipinski definition) is 1. The minimum atomic E-state index is -4.52. The fourth-order valence-electron chi connectivity index (χ4n) is 1.43. The average molecular weight is 275 g/mol. The topological polar surface area (TPSA) is 38.3 Å². The van der Waals surface area contributed by atoms with E-state index in [0.29, 0.717) is 11.6 Å². The third kappa shape index (κ3) is 5.63. The molecule has 19 heavy (non-hydrogen) atoms. The summed E-state index contributed by atoms with van der Waals surface area (Å²) in [5.41, 5.74) is 1.51. The summed E-state index contributed by atoms with van der Waals surface area (Å²) in [7, 11) is 0. The number of anilines is 1. The van der Waals surface area contributed by atoms with Gasteiger partial charge in [0.05, 0.1) is 0 Å². The Labute approximate surface area is 109 Å². The number of carbonyl (C=O) groups is 1. The van der Waals surface area contributed by atoms with Crippen molar-refractivity contribution in [3.05, 3.63) is 29.8 Å². The molecule has 1 unspecified atom stereocenters. The summed E-state index contributed by atoms with van der Waals surface area (Å²) in [6.07, 6.45) is -4.65. The maximum absolute atomic E-state index is 11.8.